The number of nitrogens with zero attached hydrogens (tertiary/aromatic N) is 2. The van der Waals surface area contributed by atoms with Crippen LogP contribution in [0.1, 0.15) is 21.7 Å². The number of hydrogen-bond acceptors (Lipinski definition) is 4. The minimum absolute atomic E-state index is 0.354. The lowest BCUT2D eigenvalue weighted by molar-refractivity contribution is 0.112. The van der Waals surface area contributed by atoms with E-state index in [2.05, 4.69) is 15.2 Å². The van der Waals surface area contributed by atoms with Crippen molar-refractivity contribution in [3.8, 4) is 22.9 Å². The molecule has 0 saturated heterocycles. The SMILES string of the molecule is Cc1[nH]c(C)c(-c2nnc(-c3ccccc3)o2)c1C=O. The molecule has 100 valence electrons. The number of aromatic nitrogens is 3. The maximum absolute atomic E-state index is 11.2. The van der Waals surface area contributed by atoms with Crippen molar-refractivity contribution >= 4 is 6.29 Å². The standard InChI is InChI=1S/C15H13N3O2/c1-9-12(8-19)13(10(2)16-9)15-18-17-14(20-15)11-6-4-3-5-7-11/h3-8,16H,1-2H3. The van der Waals surface area contributed by atoms with E-state index in [1.807, 2.05) is 44.2 Å². The van der Waals surface area contributed by atoms with E-state index in [9.17, 15) is 4.79 Å². The van der Waals surface area contributed by atoms with Crippen LogP contribution >= 0.6 is 0 Å². The number of aryl methyl sites for hydroxylation is 2. The van der Waals surface area contributed by atoms with Gasteiger partial charge in [0, 0.05) is 22.5 Å². The summed E-state index contributed by atoms with van der Waals surface area (Å²) in [6, 6.07) is 9.52. The number of rotatable bonds is 3. The Morgan fingerprint density at radius 3 is 2.45 bits per heavy atom. The zero-order valence-electron chi connectivity index (χ0n) is 11.2. The summed E-state index contributed by atoms with van der Waals surface area (Å²) < 4.78 is 5.69. The van der Waals surface area contributed by atoms with Gasteiger partial charge in [-0.05, 0) is 26.0 Å². The molecule has 5 nitrogen and oxygen atoms in total. The van der Waals surface area contributed by atoms with Crippen molar-refractivity contribution in [2.24, 2.45) is 0 Å². The van der Waals surface area contributed by atoms with Crippen molar-refractivity contribution in [3.63, 3.8) is 0 Å². The molecule has 0 aliphatic heterocycles. The molecule has 0 atom stereocenters. The van der Waals surface area contributed by atoms with Crippen molar-refractivity contribution in [2.45, 2.75) is 13.8 Å². The van der Waals surface area contributed by atoms with Crippen LogP contribution in [0.5, 0.6) is 0 Å². The molecular formula is C15H13N3O2. The van der Waals surface area contributed by atoms with E-state index in [0.717, 1.165) is 23.2 Å². The first-order valence-electron chi connectivity index (χ1n) is 6.24. The van der Waals surface area contributed by atoms with Crippen LogP contribution in [0.25, 0.3) is 22.9 Å². The fourth-order valence-electron chi connectivity index (χ4n) is 2.25. The molecule has 0 bridgehead atoms. The summed E-state index contributed by atoms with van der Waals surface area (Å²) in [5.74, 6) is 0.795. The molecule has 1 aromatic carbocycles. The van der Waals surface area contributed by atoms with Gasteiger partial charge in [0.2, 0.25) is 5.89 Å². The van der Waals surface area contributed by atoms with Crippen molar-refractivity contribution < 1.29 is 9.21 Å². The van der Waals surface area contributed by atoms with Gasteiger partial charge in [0.15, 0.2) is 6.29 Å². The smallest absolute Gasteiger partial charge is 0.250 e. The summed E-state index contributed by atoms with van der Waals surface area (Å²) in [4.78, 5) is 14.3. The Hall–Kier alpha value is -2.69. The van der Waals surface area contributed by atoms with Crippen LogP contribution in [0.4, 0.5) is 0 Å². The molecule has 5 heteroatoms. The Labute approximate surface area is 115 Å². The molecule has 20 heavy (non-hydrogen) atoms. The maximum Gasteiger partial charge on any atom is 0.250 e. The van der Waals surface area contributed by atoms with Crippen molar-refractivity contribution in [2.75, 3.05) is 0 Å². The Bertz CT molecular complexity index is 757. The number of hydrogen-bond donors (Lipinski definition) is 1. The molecule has 1 N–H and O–H groups in total. The van der Waals surface area contributed by atoms with Crippen LogP contribution in [0.15, 0.2) is 34.7 Å². The summed E-state index contributed by atoms with van der Waals surface area (Å²) in [7, 11) is 0. The topological polar surface area (TPSA) is 71.8 Å². The average Bonchev–Trinajstić information content (AvgIpc) is 3.03. The lowest BCUT2D eigenvalue weighted by atomic mass is 10.1. The van der Waals surface area contributed by atoms with E-state index in [-0.39, 0.29) is 0 Å². The third kappa shape index (κ3) is 1.93. The largest absolute Gasteiger partial charge is 0.416 e. The number of nitrogens with one attached hydrogen (secondary N) is 1. The number of aromatic amines is 1. The Kier molecular flexibility index (Phi) is 2.95. The van der Waals surface area contributed by atoms with E-state index >= 15 is 0 Å². The fraction of sp³-hybridized carbons (Fsp3) is 0.133. The summed E-state index contributed by atoms with van der Waals surface area (Å²) >= 11 is 0. The maximum atomic E-state index is 11.2. The zero-order valence-corrected chi connectivity index (χ0v) is 11.2. The first-order chi connectivity index (χ1) is 9.70. The first-order valence-corrected chi connectivity index (χ1v) is 6.24. The molecule has 0 unspecified atom stereocenters. The van der Waals surface area contributed by atoms with Crippen LogP contribution in [-0.2, 0) is 0 Å². The van der Waals surface area contributed by atoms with Crippen LogP contribution in [0.3, 0.4) is 0 Å². The van der Waals surface area contributed by atoms with Crippen molar-refractivity contribution in [1.82, 2.24) is 15.2 Å². The van der Waals surface area contributed by atoms with Crippen LogP contribution in [-0.4, -0.2) is 21.5 Å². The summed E-state index contributed by atoms with van der Waals surface area (Å²) in [6.07, 6.45) is 0.806. The predicted molar refractivity (Wildman–Crippen MR) is 74.4 cm³/mol. The van der Waals surface area contributed by atoms with Crippen LogP contribution in [0.2, 0.25) is 0 Å². The average molecular weight is 267 g/mol. The van der Waals surface area contributed by atoms with Gasteiger partial charge in [0.05, 0.1) is 5.56 Å². The van der Waals surface area contributed by atoms with Gasteiger partial charge in [-0.2, -0.15) is 0 Å². The van der Waals surface area contributed by atoms with Crippen molar-refractivity contribution in [3.05, 3.63) is 47.3 Å². The van der Waals surface area contributed by atoms with Gasteiger partial charge in [-0.25, -0.2) is 0 Å². The minimum atomic E-state index is 0.354. The Morgan fingerprint density at radius 1 is 1.05 bits per heavy atom. The lowest BCUT2D eigenvalue weighted by Crippen LogP contribution is -1.86. The summed E-state index contributed by atoms with van der Waals surface area (Å²) in [6.45, 7) is 3.72. The fourth-order valence-corrected chi connectivity index (χ4v) is 2.25. The number of carbonyl (C=O) groups excluding carboxylic acids is 1. The summed E-state index contributed by atoms with van der Waals surface area (Å²) in [5, 5.41) is 8.09. The highest BCUT2D eigenvalue weighted by molar-refractivity contribution is 5.88. The van der Waals surface area contributed by atoms with Gasteiger partial charge in [0.25, 0.3) is 5.89 Å². The highest BCUT2D eigenvalue weighted by Gasteiger charge is 2.19. The van der Waals surface area contributed by atoms with E-state index in [1.165, 1.54) is 0 Å². The molecule has 0 fully saturated rings. The van der Waals surface area contributed by atoms with Crippen molar-refractivity contribution in [1.29, 1.82) is 0 Å². The monoisotopic (exact) mass is 267 g/mol. The second kappa shape index (κ2) is 4.77. The third-order valence-corrected chi connectivity index (χ3v) is 3.20. The highest BCUT2D eigenvalue weighted by atomic mass is 16.4. The van der Waals surface area contributed by atoms with Gasteiger partial charge in [-0.3, -0.25) is 4.79 Å². The van der Waals surface area contributed by atoms with Gasteiger partial charge >= 0.3 is 0 Å². The minimum Gasteiger partial charge on any atom is -0.416 e. The molecule has 3 aromatic rings. The Morgan fingerprint density at radius 2 is 1.75 bits per heavy atom. The molecule has 2 aromatic heterocycles. The molecule has 0 radical (unpaired) electrons. The third-order valence-electron chi connectivity index (χ3n) is 3.20. The van der Waals surface area contributed by atoms with Crippen LogP contribution in [0, 0.1) is 13.8 Å². The molecule has 0 aliphatic carbocycles. The lowest BCUT2D eigenvalue weighted by Gasteiger charge is -1.95. The van der Waals surface area contributed by atoms with Gasteiger partial charge < -0.3 is 9.40 Å². The molecule has 3 rings (SSSR count). The number of benzene rings is 1. The first kappa shape index (κ1) is 12.3. The Balaban J connectivity index is 2.09. The molecule has 0 saturated carbocycles. The highest BCUT2D eigenvalue weighted by Crippen LogP contribution is 2.29. The van der Waals surface area contributed by atoms with E-state index in [1.54, 1.807) is 0 Å². The number of H-pyrrole nitrogens is 1. The van der Waals surface area contributed by atoms with Gasteiger partial charge in [-0.1, -0.05) is 18.2 Å². The van der Waals surface area contributed by atoms with Gasteiger partial charge in [-0.15, -0.1) is 10.2 Å². The molecule has 0 spiro atoms. The molecular weight excluding hydrogens is 254 g/mol. The number of aldehydes is 1. The molecule has 2 heterocycles. The summed E-state index contributed by atoms with van der Waals surface area (Å²) in [5.41, 5.74) is 3.72. The second-order valence-corrected chi connectivity index (χ2v) is 4.56. The number of carbonyl (C=O) groups is 1. The second-order valence-electron chi connectivity index (χ2n) is 4.56. The normalized spacial score (nSPS) is 10.7. The van der Waals surface area contributed by atoms with E-state index < -0.39 is 0 Å². The van der Waals surface area contributed by atoms with Crippen LogP contribution < -0.4 is 0 Å². The van der Waals surface area contributed by atoms with E-state index in [4.69, 9.17) is 4.42 Å². The predicted octanol–water partition coefficient (Wildman–Crippen LogP) is 3.16. The molecule has 0 amide bonds. The van der Waals surface area contributed by atoms with Gasteiger partial charge in [0.1, 0.15) is 0 Å². The quantitative estimate of drug-likeness (QED) is 0.740. The zero-order chi connectivity index (χ0) is 14.1. The van der Waals surface area contributed by atoms with E-state index in [0.29, 0.717) is 22.9 Å². The molecule has 0 aliphatic rings.